The summed E-state index contributed by atoms with van der Waals surface area (Å²) < 4.78 is 7.48. The molecule has 1 fully saturated rings. The van der Waals surface area contributed by atoms with Crippen molar-refractivity contribution >= 4 is 5.91 Å². The molecule has 24 heavy (non-hydrogen) atoms. The third-order valence-corrected chi connectivity index (χ3v) is 4.87. The van der Waals surface area contributed by atoms with Crippen molar-refractivity contribution in [3.63, 3.8) is 0 Å². The number of aryl methyl sites for hydroxylation is 2. The third kappa shape index (κ3) is 3.45. The van der Waals surface area contributed by atoms with Gasteiger partial charge < -0.3 is 10.1 Å². The van der Waals surface area contributed by atoms with Crippen LogP contribution in [0.15, 0.2) is 30.3 Å². The molecular formula is C19H25N3O2. The van der Waals surface area contributed by atoms with Gasteiger partial charge in [-0.25, -0.2) is 0 Å². The molecule has 0 unspecified atom stereocenters. The first-order chi connectivity index (χ1) is 11.5. The maximum atomic E-state index is 12.4. The molecule has 1 saturated carbocycles. The Kier molecular flexibility index (Phi) is 4.60. The number of rotatable bonds is 6. The molecule has 0 spiro atoms. The molecule has 5 nitrogen and oxygen atoms in total. The third-order valence-electron chi connectivity index (χ3n) is 4.87. The van der Waals surface area contributed by atoms with Gasteiger partial charge in [-0.15, -0.1) is 0 Å². The summed E-state index contributed by atoms with van der Waals surface area (Å²) >= 11 is 0. The average Bonchev–Trinajstić information content (AvgIpc) is 3.23. The first-order valence-corrected chi connectivity index (χ1v) is 8.44. The summed E-state index contributed by atoms with van der Waals surface area (Å²) in [6.07, 6.45) is 1.15. The fourth-order valence-electron chi connectivity index (χ4n) is 3.23. The van der Waals surface area contributed by atoms with Crippen molar-refractivity contribution in [3.8, 4) is 5.75 Å². The van der Waals surface area contributed by atoms with Crippen molar-refractivity contribution in [3.05, 3.63) is 47.3 Å². The fraction of sp³-hybridized carbons (Fsp3) is 0.474. The van der Waals surface area contributed by atoms with Crippen molar-refractivity contribution in [1.82, 2.24) is 15.1 Å². The van der Waals surface area contributed by atoms with Crippen LogP contribution < -0.4 is 10.1 Å². The maximum absolute atomic E-state index is 12.4. The Morgan fingerprint density at radius 1 is 1.38 bits per heavy atom. The van der Waals surface area contributed by atoms with Crippen LogP contribution in [-0.2, 0) is 11.8 Å². The van der Waals surface area contributed by atoms with Gasteiger partial charge in [0.1, 0.15) is 5.69 Å². The first kappa shape index (κ1) is 16.6. The molecule has 2 aromatic rings. The van der Waals surface area contributed by atoms with E-state index in [0.717, 1.165) is 23.4 Å². The SMILES string of the molecule is Cc1nn(C)c(C)c1OCC(=O)N[C@H](c1ccccc1)[C@@H]1C[C@@H]1C. The molecule has 0 saturated heterocycles. The lowest BCUT2D eigenvalue weighted by atomic mass is 10.0. The summed E-state index contributed by atoms with van der Waals surface area (Å²) in [5.74, 6) is 1.77. The van der Waals surface area contributed by atoms with Crippen molar-refractivity contribution in [2.24, 2.45) is 18.9 Å². The van der Waals surface area contributed by atoms with E-state index in [1.54, 1.807) is 4.68 Å². The number of carbonyl (C=O) groups excluding carboxylic acids is 1. The van der Waals surface area contributed by atoms with Crippen molar-refractivity contribution in [2.75, 3.05) is 6.61 Å². The van der Waals surface area contributed by atoms with Crippen LogP contribution in [0.2, 0.25) is 0 Å². The molecule has 1 amide bonds. The summed E-state index contributed by atoms with van der Waals surface area (Å²) in [7, 11) is 1.87. The number of aromatic nitrogens is 2. The zero-order valence-corrected chi connectivity index (χ0v) is 14.7. The molecule has 1 aliphatic rings. The summed E-state index contributed by atoms with van der Waals surface area (Å²) in [5.41, 5.74) is 2.89. The van der Waals surface area contributed by atoms with Crippen LogP contribution in [0, 0.1) is 25.7 Å². The first-order valence-electron chi connectivity index (χ1n) is 8.44. The number of ether oxygens (including phenoxy) is 1. The van der Waals surface area contributed by atoms with E-state index >= 15 is 0 Å². The Bertz CT molecular complexity index is 724. The standard InChI is InChI=1S/C19H25N3O2/c1-12-10-16(12)18(15-8-6-5-7-9-15)20-17(23)11-24-19-13(2)21-22(4)14(19)3/h5-9,12,16,18H,10-11H2,1-4H3,(H,20,23)/t12-,16+,18+/m0/s1. The van der Waals surface area contributed by atoms with Gasteiger partial charge in [0.15, 0.2) is 12.4 Å². The highest BCUT2D eigenvalue weighted by Crippen LogP contribution is 2.46. The molecule has 3 rings (SSSR count). The number of hydrogen-bond acceptors (Lipinski definition) is 3. The van der Waals surface area contributed by atoms with E-state index in [1.165, 1.54) is 0 Å². The van der Waals surface area contributed by atoms with Gasteiger partial charge in [0.05, 0.1) is 11.7 Å². The predicted molar refractivity (Wildman–Crippen MR) is 92.8 cm³/mol. The molecule has 1 aliphatic carbocycles. The van der Waals surface area contributed by atoms with Crippen molar-refractivity contribution < 1.29 is 9.53 Å². The van der Waals surface area contributed by atoms with Gasteiger partial charge in [-0.2, -0.15) is 5.10 Å². The molecule has 1 N–H and O–H groups in total. The highest BCUT2D eigenvalue weighted by molar-refractivity contribution is 5.78. The molecule has 1 aromatic carbocycles. The second-order valence-electron chi connectivity index (χ2n) is 6.74. The Labute approximate surface area is 143 Å². The van der Waals surface area contributed by atoms with Crippen LogP contribution in [0.5, 0.6) is 5.75 Å². The average molecular weight is 327 g/mol. The van der Waals surface area contributed by atoms with Crippen LogP contribution in [-0.4, -0.2) is 22.3 Å². The van der Waals surface area contributed by atoms with E-state index in [2.05, 4.69) is 29.5 Å². The lowest BCUT2D eigenvalue weighted by Crippen LogP contribution is -2.34. The number of benzene rings is 1. The van der Waals surface area contributed by atoms with Crippen LogP contribution in [0.1, 0.15) is 36.3 Å². The Hall–Kier alpha value is -2.30. The van der Waals surface area contributed by atoms with Gasteiger partial charge in [-0.3, -0.25) is 9.48 Å². The quantitative estimate of drug-likeness (QED) is 0.887. The van der Waals surface area contributed by atoms with Crippen LogP contribution in [0.3, 0.4) is 0 Å². The largest absolute Gasteiger partial charge is 0.480 e. The predicted octanol–water partition coefficient (Wildman–Crippen LogP) is 2.93. The molecule has 0 bridgehead atoms. The van der Waals surface area contributed by atoms with Gasteiger partial charge in [-0.1, -0.05) is 37.3 Å². The summed E-state index contributed by atoms with van der Waals surface area (Å²) in [5, 5.41) is 7.46. The highest BCUT2D eigenvalue weighted by Gasteiger charge is 2.40. The summed E-state index contributed by atoms with van der Waals surface area (Å²) in [4.78, 5) is 12.4. The van der Waals surface area contributed by atoms with E-state index < -0.39 is 0 Å². The zero-order valence-electron chi connectivity index (χ0n) is 14.7. The van der Waals surface area contributed by atoms with E-state index in [4.69, 9.17) is 4.74 Å². The van der Waals surface area contributed by atoms with E-state index in [0.29, 0.717) is 17.6 Å². The molecule has 1 aromatic heterocycles. The van der Waals surface area contributed by atoms with Crippen LogP contribution in [0.25, 0.3) is 0 Å². The number of carbonyl (C=O) groups is 1. The lowest BCUT2D eigenvalue weighted by molar-refractivity contribution is -0.124. The molecule has 0 radical (unpaired) electrons. The molecule has 128 valence electrons. The second kappa shape index (κ2) is 6.67. The Morgan fingerprint density at radius 2 is 2.04 bits per heavy atom. The fourth-order valence-corrected chi connectivity index (χ4v) is 3.23. The van der Waals surface area contributed by atoms with Crippen LogP contribution >= 0.6 is 0 Å². The lowest BCUT2D eigenvalue weighted by Gasteiger charge is -2.19. The second-order valence-corrected chi connectivity index (χ2v) is 6.74. The monoisotopic (exact) mass is 327 g/mol. The summed E-state index contributed by atoms with van der Waals surface area (Å²) in [6, 6.07) is 10.2. The normalized spacial score (nSPS) is 20.5. The number of amides is 1. The maximum Gasteiger partial charge on any atom is 0.258 e. The van der Waals surface area contributed by atoms with Crippen molar-refractivity contribution in [1.29, 1.82) is 0 Å². The van der Waals surface area contributed by atoms with Gasteiger partial charge in [0.25, 0.3) is 5.91 Å². The van der Waals surface area contributed by atoms with E-state index in [9.17, 15) is 4.79 Å². The van der Waals surface area contributed by atoms with Crippen molar-refractivity contribution in [2.45, 2.75) is 33.2 Å². The molecule has 0 aliphatic heterocycles. The highest BCUT2D eigenvalue weighted by atomic mass is 16.5. The minimum absolute atomic E-state index is 0.0117. The van der Waals surface area contributed by atoms with Crippen LogP contribution in [0.4, 0.5) is 0 Å². The van der Waals surface area contributed by atoms with Gasteiger partial charge in [0.2, 0.25) is 0 Å². The molecule has 1 heterocycles. The Morgan fingerprint density at radius 3 is 2.58 bits per heavy atom. The van der Waals surface area contributed by atoms with E-state index in [1.807, 2.05) is 39.1 Å². The molecular weight excluding hydrogens is 302 g/mol. The van der Waals surface area contributed by atoms with Gasteiger partial charge >= 0.3 is 0 Å². The number of nitrogens with one attached hydrogen (secondary N) is 1. The topological polar surface area (TPSA) is 56.2 Å². The summed E-state index contributed by atoms with van der Waals surface area (Å²) in [6.45, 7) is 6.06. The minimum Gasteiger partial charge on any atom is -0.480 e. The Balaban J connectivity index is 1.64. The van der Waals surface area contributed by atoms with Gasteiger partial charge in [0, 0.05) is 7.05 Å². The number of hydrogen-bond donors (Lipinski definition) is 1. The zero-order chi connectivity index (χ0) is 17.3. The molecule has 3 atom stereocenters. The van der Waals surface area contributed by atoms with E-state index in [-0.39, 0.29) is 18.6 Å². The molecule has 5 heteroatoms. The van der Waals surface area contributed by atoms with Gasteiger partial charge in [-0.05, 0) is 37.7 Å². The smallest absolute Gasteiger partial charge is 0.258 e. The minimum atomic E-state index is -0.0920. The number of nitrogens with zero attached hydrogens (tertiary/aromatic N) is 2.